The number of halogens is 1. The Kier molecular flexibility index (Phi) is 8.47. The molecule has 0 aliphatic heterocycles. The van der Waals surface area contributed by atoms with Gasteiger partial charge in [-0.3, -0.25) is 19.6 Å². The minimum Gasteiger partial charge on any atom is -0.399 e. The lowest BCUT2D eigenvalue weighted by Crippen LogP contribution is -2.44. The number of carbonyl (C=O) groups excluding carboxylic acids is 1. The first-order chi connectivity index (χ1) is 18.7. The van der Waals surface area contributed by atoms with Crippen LogP contribution in [0.2, 0.25) is 5.02 Å². The van der Waals surface area contributed by atoms with Gasteiger partial charge in [-0.15, -0.1) is 0 Å². The van der Waals surface area contributed by atoms with Gasteiger partial charge >= 0.3 is 5.69 Å². The van der Waals surface area contributed by atoms with Gasteiger partial charge in [0.15, 0.2) is 0 Å². The number of anilines is 2. The lowest BCUT2D eigenvalue weighted by atomic mass is 10.1. The fourth-order valence-corrected chi connectivity index (χ4v) is 4.17. The topological polar surface area (TPSA) is 161 Å². The van der Waals surface area contributed by atoms with Crippen molar-refractivity contribution in [3.8, 4) is 5.69 Å². The van der Waals surface area contributed by atoms with E-state index in [0.717, 1.165) is 15.7 Å². The molecule has 4 aromatic rings. The Bertz CT molecular complexity index is 1630. The van der Waals surface area contributed by atoms with Crippen molar-refractivity contribution in [2.45, 2.75) is 19.5 Å². The number of nitrogens with two attached hydrogens (primary N) is 2. The number of carbonyl (C=O) groups is 1. The van der Waals surface area contributed by atoms with Gasteiger partial charge < -0.3 is 22.1 Å². The standard InChI is InChI=1S/C28H28ClN7O3/c29-21-4-1-3-18(13-21)11-12-33-24-16-35(23-6-2-5-22(30)14-23)28(39)36(27(24)38)17-25(37)34-15-19-7-9-20(10-8-19)26(31)32/h1-10,13-14,16,33H,11-12,15,17,30H2,(H3,31,32)(H,34,37). The van der Waals surface area contributed by atoms with Crippen LogP contribution in [-0.4, -0.2) is 27.4 Å². The normalized spacial score (nSPS) is 10.7. The van der Waals surface area contributed by atoms with E-state index in [1.165, 1.54) is 10.8 Å². The molecular weight excluding hydrogens is 518 g/mol. The first-order valence-corrected chi connectivity index (χ1v) is 12.5. The molecule has 1 aromatic heterocycles. The third-order valence-corrected chi connectivity index (χ3v) is 6.23. The van der Waals surface area contributed by atoms with Crippen molar-refractivity contribution in [3.63, 3.8) is 0 Å². The molecule has 4 rings (SSSR count). The minimum absolute atomic E-state index is 0.0533. The zero-order chi connectivity index (χ0) is 27.9. The van der Waals surface area contributed by atoms with Crippen LogP contribution in [-0.2, 0) is 24.3 Å². The van der Waals surface area contributed by atoms with Gasteiger partial charge in [0, 0.05) is 35.6 Å². The van der Waals surface area contributed by atoms with Crippen molar-refractivity contribution >= 4 is 34.7 Å². The zero-order valence-corrected chi connectivity index (χ0v) is 21.7. The van der Waals surface area contributed by atoms with Crippen LogP contribution in [0.1, 0.15) is 16.7 Å². The molecule has 11 heteroatoms. The fraction of sp³-hybridized carbons (Fsp3) is 0.143. The van der Waals surface area contributed by atoms with E-state index in [4.69, 9.17) is 28.5 Å². The molecule has 0 saturated heterocycles. The summed E-state index contributed by atoms with van der Waals surface area (Å²) in [5, 5.41) is 13.9. The van der Waals surface area contributed by atoms with E-state index < -0.39 is 23.7 Å². The van der Waals surface area contributed by atoms with Crippen LogP contribution in [0.15, 0.2) is 88.6 Å². The Labute approximate surface area is 229 Å². The molecule has 1 amide bonds. The third kappa shape index (κ3) is 6.93. The van der Waals surface area contributed by atoms with Gasteiger partial charge in [0.05, 0.1) is 5.69 Å². The Balaban J connectivity index is 1.57. The summed E-state index contributed by atoms with van der Waals surface area (Å²) in [7, 11) is 0. The van der Waals surface area contributed by atoms with Crippen molar-refractivity contribution in [1.29, 1.82) is 5.41 Å². The molecule has 39 heavy (non-hydrogen) atoms. The van der Waals surface area contributed by atoms with Crippen molar-refractivity contribution < 1.29 is 4.79 Å². The molecule has 7 N–H and O–H groups in total. The summed E-state index contributed by atoms with van der Waals surface area (Å²) in [6.07, 6.45) is 2.00. The van der Waals surface area contributed by atoms with Gasteiger partial charge in [-0.25, -0.2) is 9.36 Å². The largest absolute Gasteiger partial charge is 0.399 e. The van der Waals surface area contributed by atoms with E-state index in [1.807, 2.05) is 18.2 Å². The molecule has 0 radical (unpaired) electrons. The number of amides is 1. The number of nitrogens with one attached hydrogen (secondary N) is 3. The summed E-state index contributed by atoms with van der Waals surface area (Å²) in [6, 6.07) is 20.9. The lowest BCUT2D eigenvalue weighted by molar-refractivity contribution is -0.121. The molecule has 0 saturated carbocycles. The van der Waals surface area contributed by atoms with Gasteiger partial charge in [0.25, 0.3) is 5.56 Å². The van der Waals surface area contributed by atoms with Gasteiger partial charge in [-0.1, -0.05) is 54.1 Å². The highest BCUT2D eigenvalue weighted by Crippen LogP contribution is 2.13. The van der Waals surface area contributed by atoms with Crippen molar-refractivity contribution in [3.05, 3.63) is 122 Å². The average molecular weight is 546 g/mol. The number of hydrogen-bond acceptors (Lipinski definition) is 6. The van der Waals surface area contributed by atoms with E-state index in [9.17, 15) is 14.4 Å². The minimum atomic E-state index is -0.674. The number of nitrogen functional groups attached to an aromatic ring is 2. The molecule has 3 aromatic carbocycles. The number of aromatic nitrogens is 2. The van der Waals surface area contributed by atoms with Crippen LogP contribution in [0.4, 0.5) is 11.4 Å². The highest BCUT2D eigenvalue weighted by molar-refractivity contribution is 6.30. The third-order valence-electron chi connectivity index (χ3n) is 5.99. The maximum Gasteiger partial charge on any atom is 0.336 e. The highest BCUT2D eigenvalue weighted by atomic mass is 35.5. The molecule has 0 atom stereocenters. The molecule has 10 nitrogen and oxygen atoms in total. The molecule has 200 valence electrons. The highest BCUT2D eigenvalue weighted by Gasteiger charge is 2.16. The van der Waals surface area contributed by atoms with Gasteiger partial charge in [-0.2, -0.15) is 0 Å². The maximum absolute atomic E-state index is 13.3. The number of nitrogens with zero attached hydrogens (tertiary/aromatic N) is 2. The van der Waals surface area contributed by atoms with E-state index >= 15 is 0 Å². The van der Waals surface area contributed by atoms with E-state index in [-0.39, 0.29) is 18.1 Å². The van der Waals surface area contributed by atoms with Crippen LogP contribution in [0, 0.1) is 5.41 Å². The molecule has 0 unspecified atom stereocenters. The predicted octanol–water partition coefficient (Wildman–Crippen LogP) is 2.49. The van der Waals surface area contributed by atoms with Crippen LogP contribution in [0.5, 0.6) is 0 Å². The molecule has 0 aliphatic carbocycles. The Morgan fingerprint density at radius 3 is 2.41 bits per heavy atom. The summed E-state index contributed by atoms with van der Waals surface area (Å²) >= 11 is 6.06. The quantitative estimate of drug-likeness (QED) is 0.117. The molecular formula is C28H28ClN7O3. The van der Waals surface area contributed by atoms with Crippen LogP contribution in [0.25, 0.3) is 5.69 Å². The number of benzene rings is 3. The second-order valence-electron chi connectivity index (χ2n) is 8.88. The van der Waals surface area contributed by atoms with Crippen LogP contribution >= 0.6 is 11.6 Å². The molecule has 0 fully saturated rings. The molecule has 0 spiro atoms. The second kappa shape index (κ2) is 12.1. The molecule has 0 aliphatic rings. The first kappa shape index (κ1) is 27.2. The first-order valence-electron chi connectivity index (χ1n) is 12.1. The number of amidine groups is 1. The summed E-state index contributed by atoms with van der Waals surface area (Å²) < 4.78 is 2.17. The van der Waals surface area contributed by atoms with E-state index in [1.54, 1.807) is 54.6 Å². The summed E-state index contributed by atoms with van der Waals surface area (Å²) in [4.78, 5) is 39.4. The van der Waals surface area contributed by atoms with Crippen molar-refractivity contribution in [2.75, 3.05) is 17.6 Å². The second-order valence-corrected chi connectivity index (χ2v) is 9.31. The average Bonchev–Trinajstić information content (AvgIpc) is 2.91. The maximum atomic E-state index is 13.3. The zero-order valence-electron chi connectivity index (χ0n) is 21.0. The summed E-state index contributed by atoms with van der Waals surface area (Å²) in [6.45, 7) is 0.0925. The van der Waals surface area contributed by atoms with E-state index in [0.29, 0.717) is 34.9 Å². The lowest BCUT2D eigenvalue weighted by Gasteiger charge is -2.15. The SMILES string of the molecule is N=C(N)c1ccc(CNC(=O)Cn2c(=O)c(NCCc3cccc(Cl)c3)cn(-c3cccc(N)c3)c2=O)cc1. The Morgan fingerprint density at radius 1 is 0.974 bits per heavy atom. The van der Waals surface area contributed by atoms with Gasteiger partial charge in [0.1, 0.15) is 18.1 Å². The van der Waals surface area contributed by atoms with Crippen molar-refractivity contribution in [1.82, 2.24) is 14.5 Å². The number of rotatable bonds is 10. The van der Waals surface area contributed by atoms with E-state index in [2.05, 4.69) is 10.6 Å². The molecule has 1 heterocycles. The van der Waals surface area contributed by atoms with Gasteiger partial charge in [0.2, 0.25) is 5.91 Å². The predicted molar refractivity (Wildman–Crippen MR) is 154 cm³/mol. The Morgan fingerprint density at radius 2 is 1.72 bits per heavy atom. The van der Waals surface area contributed by atoms with Crippen molar-refractivity contribution in [2.24, 2.45) is 5.73 Å². The fourth-order valence-electron chi connectivity index (χ4n) is 3.96. The molecule has 0 bridgehead atoms. The van der Waals surface area contributed by atoms with Crippen LogP contribution in [0.3, 0.4) is 0 Å². The van der Waals surface area contributed by atoms with Crippen LogP contribution < -0.4 is 33.3 Å². The Hall–Kier alpha value is -4.83. The summed E-state index contributed by atoms with van der Waals surface area (Å²) in [5.41, 5.74) is 13.5. The smallest absolute Gasteiger partial charge is 0.336 e. The van der Waals surface area contributed by atoms with Gasteiger partial charge in [-0.05, 0) is 47.9 Å². The summed E-state index contributed by atoms with van der Waals surface area (Å²) in [5.74, 6) is -0.567. The monoisotopic (exact) mass is 545 g/mol. The number of hydrogen-bond donors (Lipinski definition) is 5.